The fourth-order valence-corrected chi connectivity index (χ4v) is 4.75. The zero-order valence-electron chi connectivity index (χ0n) is 18.1. The lowest BCUT2D eigenvalue weighted by Gasteiger charge is -2.14. The summed E-state index contributed by atoms with van der Waals surface area (Å²) in [4.78, 5) is 38.6. The van der Waals surface area contributed by atoms with Gasteiger partial charge in [-0.05, 0) is 54.3 Å². The Balaban J connectivity index is 1.63. The molecule has 31 heavy (non-hydrogen) atoms. The minimum atomic E-state index is -0.381. The van der Waals surface area contributed by atoms with Crippen LogP contribution in [-0.2, 0) is 9.59 Å². The van der Waals surface area contributed by atoms with Crippen molar-refractivity contribution in [3.05, 3.63) is 22.6 Å². The number of rotatable bonds is 9. The van der Waals surface area contributed by atoms with Gasteiger partial charge in [0.1, 0.15) is 0 Å². The van der Waals surface area contributed by atoms with Gasteiger partial charge in [0.15, 0.2) is 11.5 Å². The number of thioether (sulfide) groups is 1. The molecule has 8 nitrogen and oxygen atoms in total. The molecule has 1 aliphatic carbocycles. The van der Waals surface area contributed by atoms with E-state index in [1.807, 2.05) is 0 Å². The second kappa shape index (κ2) is 10.6. The topological polar surface area (TPSA) is 94.2 Å². The van der Waals surface area contributed by atoms with E-state index in [0.29, 0.717) is 40.1 Å². The van der Waals surface area contributed by atoms with E-state index in [4.69, 9.17) is 14.2 Å². The van der Waals surface area contributed by atoms with Crippen LogP contribution in [0.3, 0.4) is 0 Å². The standard InChI is InChI=1S/C22H28N2O6S/c1-28-16-10-15(11-17(29-2)20(16)30-3)12-18-21(26)24(22(27)31-18)9-8-23-19(25)13-14-6-4-5-7-14/h10-12,14H,4-9,13H2,1-3H3,(H,23,25)/b18-12-. The molecule has 1 N–H and O–H groups in total. The fourth-order valence-electron chi connectivity index (χ4n) is 3.88. The Labute approximate surface area is 186 Å². The lowest BCUT2D eigenvalue weighted by Crippen LogP contribution is -2.37. The quantitative estimate of drug-likeness (QED) is 0.578. The number of nitrogens with zero attached hydrogens (tertiary/aromatic N) is 1. The second-order valence-electron chi connectivity index (χ2n) is 7.50. The molecule has 0 radical (unpaired) electrons. The van der Waals surface area contributed by atoms with Crippen molar-refractivity contribution in [3.63, 3.8) is 0 Å². The van der Waals surface area contributed by atoms with Gasteiger partial charge in [0.05, 0.1) is 26.2 Å². The van der Waals surface area contributed by atoms with Crippen molar-refractivity contribution in [2.45, 2.75) is 32.1 Å². The van der Waals surface area contributed by atoms with Crippen molar-refractivity contribution in [2.24, 2.45) is 5.92 Å². The highest BCUT2D eigenvalue weighted by Crippen LogP contribution is 2.40. The van der Waals surface area contributed by atoms with Crippen LogP contribution in [0, 0.1) is 5.92 Å². The van der Waals surface area contributed by atoms with E-state index in [-0.39, 0.29) is 30.1 Å². The largest absolute Gasteiger partial charge is 0.493 e. The van der Waals surface area contributed by atoms with Crippen molar-refractivity contribution in [3.8, 4) is 17.2 Å². The second-order valence-corrected chi connectivity index (χ2v) is 8.49. The summed E-state index contributed by atoms with van der Waals surface area (Å²) >= 11 is 0.871. The van der Waals surface area contributed by atoms with Gasteiger partial charge in [-0.25, -0.2) is 0 Å². The van der Waals surface area contributed by atoms with Gasteiger partial charge in [-0.1, -0.05) is 12.8 Å². The molecule has 1 aromatic carbocycles. The van der Waals surface area contributed by atoms with Gasteiger partial charge >= 0.3 is 0 Å². The molecule has 1 heterocycles. The zero-order valence-corrected chi connectivity index (χ0v) is 18.9. The van der Waals surface area contributed by atoms with Crippen LogP contribution in [0.15, 0.2) is 17.0 Å². The molecule has 1 saturated carbocycles. The molecule has 0 bridgehead atoms. The third-order valence-corrected chi connectivity index (χ3v) is 6.37. The maximum Gasteiger partial charge on any atom is 0.293 e. The minimum absolute atomic E-state index is 0.0214. The van der Waals surface area contributed by atoms with Gasteiger partial charge in [-0.3, -0.25) is 19.3 Å². The molecule has 168 valence electrons. The highest BCUT2D eigenvalue weighted by atomic mass is 32.2. The number of carbonyl (C=O) groups excluding carboxylic acids is 3. The summed E-state index contributed by atoms with van der Waals surface area (Å²) in [5, 5.41) is 2.47. The highest BCUT2D eigenvalue weighted by Gasteiger charge is 2.35. The molecule has 0 spiro atoms. The first kappa shape index (κ1) is 23.0. The molecular weight excluding hydrogens is 420 g/mol. The number of amides is 3. The van der Waals surface area contributed by atoms with E-state index in [1.165, 1.54) is 34.2 Å². The maximum absolute atomic E-state index is 12.7. The Morgan fingerprint density at radius 2 is 1.77 bits per heavy atom. The summed E-state index contributed by atoms with van der Waals surface area (Å²) in [6.07, 6.45) is 6.71. The first-order valence-corrected chi connectivity index (χ1v) is 11.1. The normalized spacial score (nSPS) is 18.0. The number of hydrogen-bond acceptors (Lipinski definition) is 7. The van der Waals surface area contributed by atoms with Crippen LogP contribution in [0.4, 0.5) is 4.79 Å². The molecule has 0 aromatic heterocycles. The van der Waals surface area contributed by atoms with E-state index < -0.39 is 0 Å². The number of imide groups is 1. The number of methoxy groups -OCH3 is 3. The van der Waals surface area contributed by atoms with Crippen LogP contribution < -0.4 is 19.5 Å². The number of ether oxygens (including phenoxy) is 3. The van der Waals surface area contributed by atoms with Gasteiger partial charge < -0.3 is 19.5 Å². The third-order valence-electron chi connectivity index (χ3n) is 5.46. The number of hydrogen-bond donors (Lipinski definition) is 1. The highest BCUT2D eigenvalue weighted by molar-refractivity contribution is 8.18. The molecule has 0 atom stereocenters. The molecule has 1 saturated heterocycles. The zero-order chi connectivity index (χ0) is 22.4. The molecule has 2 aliphatic rings. The van der Waals surface area contributed by atoms with Gasteiger partial charge in [-0.2, -0.15) is 0 Å². The minimum Gasteiger partial charge on any atom is -0.493 e. The van der Waals surface area contributed by atoms with E-state index in [2.05, 4.69) is 5.32 Å². The Hall–Kier alpha value is -2.68. The molecule has 9 heteroatoms. The van der Waals surface area contributed by atoms with E-state index in [1.54, 1.807) is 18.2 Å². The SMILES string of the molecule is COc1cc(/C=C2\SC(=O)N(CCNC(=O)CC3CCCC3)C2=O)cc(OC)c1OC. The lowest BCUT2D eigenvalue weighted by molar-refractivity contribution is -0.124. The monoisotopic (exact) mass is 448 g/mol. The third kappa shape index (κ3) is 5.52. The van der Waals surface area contributed by atoms with Crippen molar-refractivity contribution in [1.82, 2.24) is 10.2 Å². The number of benzene rings is 1. The molecule has 3 rings (SSSR count). The summed E-state index contributed by atoms with van der Waals surface area (Å²) < 4.78 is 16.0. The number of carbonyl (C=O) groups is 3. The van der Waals surface area contributed by atoms with Crippen LogP contribution >= 0.6 is 11.8 Å². The van der Waals surface area contributed by atoms with Crippen molar-refractivity contribution < 1.29 is 28.6 Å². The van der Waals surface area contributed by atoms with E-state index in [9.17, 15) is 14.4 Å². The average molecular weight is 449 g/mol. The molecule has 1 aliphatic heterocycles. The summed E-state index contributed by atoms with van der Waals surface area (Å²) in [7, 11) is 4.53. The Morgan fingerprint density at radius 1 is 1.13 bits per heavy atom. The van der Waals surface area contributed by atoms with Crippen LogP contribution in [0.1, 0.15) is 37.7 Å². The summed E-state index contributed by atoms with van der Waals surface area (Å²) in [6, 6.07) is 3.41. The van der Waals surface area contributed by atoms with Crippen LogP contribution in [0.2, 0.25) is 0 Å². The molecule has 0 unspecified atom stereocenters. The van der Waals surface area contributed by atoms with Crippen LogP contribution in [-0.4, -0.2) is 56.4 Å². The average Bonchev–Trinajstić information content (AvgIpc) is 3.36. The number of nitrogens with one attached hydrogen (secondary N) is 1. The van der Waals surface area contributed by atoms with Crippen molar-refractivity contribution in [1.29, 1.82) is 0 Å². The Kier molecular flexibility index (Phi) is 7.84. The lowest BCUT2D eigenvalue weighted by atomic mass is 10.0. The van der Waals surface area contributed by atoms with E-state index in [0.717, 1.165) is 29.5 Å². The summed E-state index contributed by atoms with van der Waals surface area (Å²) in [5.74, 6) is 1.41. The van der Waals surface area contributed by atoms with Crippen LogP contribution in [0.5, 0.6) is 17.2 Å². The Bertz CT molecular complexity index is 854. The summed E-state index contributed by atoms with van der Waals surface area (Å²) in [6.45, 7) is 0.398. The van der Waals surface area contributed by atoms with Crippen LogP contribution in [0.25, 0.3) is 6.08 Å². The summed E-state index contributed by atoms with van der Waals surface area (Å²) in [5.41, 5.74) is 0.643. The first-order valence-electron chi connectivity index (χ1n) is 10.3. The maximum atomic E-state index is 12.7. The molecule has 1 aromatic rings. The van der Waals surface area contributed by atoms with Gasteiger partial charge in [0.2, 0.25) is 11.7 Å². The Morgan fingerprint density at radius 3 is 2.35 bits per heavy atom. The van der Waals surface area contributed by atoms with Gasteiger partial charge in [0, 0.05) is 19.5 Å². The van der Waals surface area contributed by atoms with E-state index >= 15 is 0 Å². The predicted octanol–water partition coefficient (Wildman–Crippen LogP) is 3.45. The smallest absolute Gasteiger partial charge is 0.293 e. The van der Waals surface area contributed by atoms with Gasteiger partial charge in [-0.15, -0.1) is 0 Å². The van der Waals surface area contributed by atoms with Crippen molar-refractivity contribution in [2.75, 3.05) is 34.4 Å². The predicted molar refractivity (Wildman–Crippen MR) is 118 cm³/mol. The fraction of sp³-hybridized carbons (Fsp3) is 0.500. The van der Waals surface area contributed by atoms with Crippen molar-refractivity contribution >= 4 is 34.9 Å². The molecule has 3 amide bonds. The first-order chi connectivity index (χ1) is 15.0. The van der Waals surface area contributed by atoms with Gasteiger partial charge in [0.25, 0.3) is 11.1 Å². The molecule has 2 fully saturated rings. The molecular formula is C22H28N2O6S.